The Balaban J connectivity index is 1.40. The van der Waals surface area contributed by atoms with Crippen LogP contribution in [0.3, 0.4) is 0 Å². The number of fused-ring (bicyclic) bond motifs is 1. The number of aromatic nitrogens is 2. The summed E-state index contributed by atoms with van der Waals surface area (Å²) in [4.78, 5) is 4.90. The lowest BCUT2D eigenvalue weighted by molar-refractivity contribution is 0.249. The van der Waals surface area contributed by atoms with Crippen LogP contribution in [-0.4, -0.2) is 55.6 Å². The van der Waals surface area contributed by atoms with E-state index in [1.165, 1.54) is 0 Å². The molecule has 0 spiro atoms. The first-order valence-corrected chi connectivity index (χ1v) is 9.87. The highest BCUT2D eigenvalue weighted by molar-refractivity contribution is 7.91. The lowest BCUT2D eigenvalue weighted by atomic mass is 10.2. The lowest BCUT2D eigenvalue weighted by Gasteiger charge is -2.34. The Kier molecular flexibility index (Phi) is 3.70. The minimum absolute atomic E-state index is 0.244. The van der Waals surface area contributed by atoms with Crippen LogP contribution in [0.4, 0.5) is 5.13 Å². The van der Waals surface area contributed by atoms with E-state index in [4.69, 9.17) is 4.74 Å². The fraction of sp³-hybridized carbons (Fsp3) is 0.429. The molecule has 0 aliphatic carbocycles. The van der Waals surface area contributed by atoms with Gasteiger partial charge in [0, 0.05) is 32.7 Å². The topological polar surface area (TPSA) is 75.6 Å². The van der Waals surface area contributed by atoms with E-state index in [-0.39, 0.29) is 5.94 Å². The predicted octanol–water partition coefficient (Wildman–Crippen LogP) is 0.984. The van der Waals surface area contributed by atoms with Crippen molar-refractivity contribution in [2.45, 2.75) is 11.4 Å². The van der Waals surface area contributed by atoms with Crippen molar-refractivity contribution in [1.29, 1.82) is 0 Å². The molecule has 0 radical (unpaired) electrons. The van der Waals surface area contributed by atoms with Gasteiger partial charge in [-0.2, -0.15) is 0 Å². The molecule has 1 aromatic heterocycles. The minimum Gasteiger partial charge on any atom is -0.476 e. The average molecular weight is 352 g/mol. The van der Waals surface area contributed by atoms with Crippen molar-refractivity contribution in [2.75, 3.05) is 37.0 Å². The van der Waals surface area contributed by atoms with Crippen molar-refractivity contribution in [2.24, 2.45) is 0 Å². The quantitative estimate of drug-likeness (QED) is 0.815. The van der Waals surface area contributed by atoms with Gasteiger partial charge in [-0.05, 0) is 17.7 Å². The van der Waals surface area contributed by atoms with Crippen molar-refractivity contribution in [3.63, 3.8) is 0 Å². The first-order valence-electron chi connectivity index (χ1n) is 7.34. The number of rotatable bonds is 3. The number of nitrogens with zero attached hydrogens (tertiary/aromatic N) is 4. The summed E-state index contributed by atoms with van der Waals surface area (Å²) in [7, 11) is -3.24. The monoisotopic (exact) mass is 352 g/mol. The highest BCUT2D eigenvalue weighted by Crippen LogP contribution is 2.32. The van der Waals surface area contributed by atoms with Gasteiger partial charge < -0.3 is 9.64 Å². The van der Waals surface area contributed by atoms with E-state index >= 15 is 0 Å². The largest absolute Gasteiger partial charge is 0.476 e. The second-order valence-corrected chi connectivity index (χ2v) is 8.36. The van der Waals surface area contributed by atoms with Gasteiger partial charge in [-0.25, -0.2) is 8.42 Å². The van der Waals surface area contributed by atoms with Gasteiger partial charge in [-0.3, -0.25) is 4.90 Å². The minimum atomic E-state index is -3.24. The highest BCUT2D eigenvalue weighted by Gasteiger charge is 2.28. The zero-order chi connectivity index (χ0) is 15.9. The van der Waals surface area contributed by atoms with Crippen LogP contribution in [0.25, 0.3) is 0 Å². The smallest absolute Gasteiger partial charge is 0.216 e. The second-order valence-electron chi connectivity index (χ2n) is 5.64. The van der Waals surface area contributed by atoms with Gasteiger partial charge in [0.1, 0.15) is 16.2 Å². The summed E-state index contributed by atoms with van der Waals surface area (Å²) >= 11 is 1.56. The molecular formula is C14H16N4O3S2. The van der Waals surface area contributed by atoms with Gasteiger partial charge in [0.2, 0.25) is 15.0 Å². The molecule has 0 atom stereocenters. The van der Waals surface area contributed by atoms with Crippen molar-refractivity contribution in [1.82, 2.24) is 15.1 Å². The first kappa shape index (κ1) is 14.9. The van der Waals surface area contributed by atoms with Gasteiger partial charge >= 0.3 is 0 Å². The molecule has 2 aliphatic rings. The molecule has 0 amide bonds. The second kappa shape index (κ2) is 5.73. The summed E-state index contributed by atoms with van der Waals surface area (Å²) < 4.78 is 28.8. The Hall–Kier alpha value is -1.71. The molecule has 4 rings (SSSR count). The van der Waals surface area contributed by atoms with Crippen LogP contribution in [0.2, 0.25) is 0 Å². The van der Waals surface area contributed by atoms with E-state index < -0.39 is 9.84 Å². The lowest BCUT2D eigenvalue weighted by Crippen LogP contribution is -2.45. The molecule has 0 N–H and O–H groups in total. The summed E-state index contributed by atoms with van der Waals surface area (Å²) in [5.41, 5.74) is 2.82. The third-order valence-electron chi connectivity index (χ3n) is 4.11. The van der Waals surface area contributed by atoms with Crippen LogP contribution in [0, 0.1) is 0 Å². The molecule has 2 aliphatic heterocycles. The summed E-state index contributed by atoms with van der Waals surface area (Å²) in [5.74, 6) is 0.238. The Morgan fingerprint density at radius 2 is 2.04 bits per heavy atom. The summed E-state index contributed by atoms with van der Waals surface area (Å²) in [6, 6.07) is 5.38. The first-order chi connectivity index (χ1) is 11.1. The molecule has 2 aromatic rings. The average Bonchev–Trinajstić information content (AvgIpc) is 3.17. The van der Waals surface area contributed by atoms with Crippen LogP contribution in [0.5, 0.6) is 5.75 Å². The van der Waals surface area contributed by atoms with Crippen molar-refractivity contribution >= 4 is 26.3 Å². The van der Waals surface area contributed by atoms with Crippen LogP contribution in [0.1, 0.15) is 5.56 Å². The number of hydrogen-bond acceptors (Lipinski definition) is 8. The van der Waals surface area contributed by atoms with Gasteiger partial charge in [-0.15, -0.1) is 10.2 Å². The molecule has 7 nitrogen and oxygen atoms in total. The van der Waals surface area contributed by atoms with Crippen LogP contribution in [-0.2, 0) is 16.4 Å². The highest BCUT2D eigenvalue weighted by atomic mass is 32.2. The molecule has 1 saturated heterocycles. The van der Waals surface area contributed by atoms with Crippen molar-refractivity contribution in [3.8, 4) is 5.75 Å². The van der Waals surface area contributed by atoms with Gasteiger partial charge in [0.15, 0.2) is 5.94 Å². The molecule has 0 bridgehead atoms. The fourth-order valence-electron chi connectivity index (χ4n) is 2.89. The summed E-state index contributed by atoms with van der Waals surface area (Å²) in [6.07, 6.45) is 0. The molecule has 23 heavy (non-hydrogen) atoms. The Morgan fingerprint density at radius 3 is 2.78 bits per heavy atom. The predicted molar refractivity (Wildman–Crippen MR) is 86.5 cm³/mol. The molecule has 0 saturated carbocycles. The molecule has 0 unspecified atom stereocenters. The third kappa shape index (κ3) is 2.91. The Bertz CT molecular complexity index is 799. The molecule has 1 fully saturated rings. The summed E-state index contributed by atoms with van der Waals surface area (Å²) in [6.45, 7) is 4.52. The third-order valence-corrected chi connectivity index (χ3v) is 6.30. The van der Waals surface area contributed by atoms with Crippen molar-refractivity contribution in [3.05, 3.63) is 29.3 Å². The number of benzene rings is 1. The van der Waals surface area contributed by atoms with E-state index in [0.29, 0.717) is 10.6 Å². The SMILES string of the molecule is O=S1(=O)COc2cc(CN3CCN(c4nncs4)CC3)ccc21. The molecule has 122 valence electrons. The fourth-order valence-corrected chi connectivity index (χ4v) is 4.61. The Morgan fingerprint density at radius 1 is 1.22 bits per heavy atom. The Labute approximate surface area is 138 Å². The maximum atomic E-state index is 11.8. The van der Waals surface area contributed by atoms with Gasteiger partial charge in [0.25, 0.3) is 0 Å². The number of sulfone groups is 1. The van der Waals surface area contributed by atoms with E-state index in [1.54, 1.807) is 22.9 Å². The summed E-state index contributed by atoms with van der Waals surface area (Å²) in [5, 5.41) is 8.96. The van der Waals surface area contributed by atoms with Crippen molar-refractivity contribution < 1.29 is 13.2 Å². The molecule has 9 heteroatoms. The van der Waals surface area contributed by atoms with Gasteiger partial charge in [-0.1, -0.05) is 17.4 Å². The standard InChI is InChI=1S/C14H16N4O3S2/c19-23(20)10-21-12-7-11(1-2-13(12)23)8-17-3-5-18(6-4-17)14-16-15-9-22-14/h1-2,7,9H,3-6,8,10H2. The maximum Gasteiger partial charge on any atom is 0.216 e. The van der Waals surface area contributed by atoms with E-state index in [9.17, 15) is 8.42 Å². The number of anilines is 1. The molecular weight excluding hydrogens is 336 g/mol. The maximum absolute atomic E-state index is 11.8. The van der Waals surface area contributed by atoms with E-state index in [2.05, 4.69) is 20.0 Å². The van der Waals surface area contributed by atoms with Gasteiger partial charge in [0.05, 0.1) is 0 Å². The number of hydrogen-bond donors (Lipinski definition) is 0. The van der Waals surface area contributed by atoms with E-state index in [1.807, 2.05) is 12.1 Å². The van der Waals surface area contributed by atoms with E-state index in [0.717, 1.165) is 43.4 Å². The van der Waals surface area contributed by atoms with Crippen LogP contribution >= 0.6 is 11.3 Å². The molecule has 3 heterocycles. The molecule has 1 aromatic carbocycles. The van der Waals surface area contributed by atoms with Crippen LogP contribution < -0.4 is 9.64 Å². The normalized spacial score (nSPS) is 20.3. The zero-order valence-corrected chi connectivity index (χ0v) is 14.0. The zero-order valence-electron chi connectivity index (χ0n) is 12.4. The number of ether oxygens (including phenoxy) is 1. The van der Waals surface area contributed by atoms with Crippen LogP contribution in [0.15, 0.2) is 28.6 Å². The number of piperazine rings is 1.